The highest BCUT2D eigenvalue weighted by molar-refractivity contribution is 6.10. The number of nitrogens with zero attached hydrogens (tertiary/aromatic N) is 1. The molecule has 2 heterocycles. The number of hydrogen-bond acceptors (Lipinski definition) is 1. The molecule has 2 nitrogen and oxygen atoms in total. The van der Waals surface area contributed by atoms with Gasteiger partial charge in [-0.05, 0) is 72.7 Å². The van der Waals surface area contributed by atoms with Gasteiger partial charge in [0.2, 0.25) is 11.2 Å². The molecule has 0 N–H and O–H groups in total. The number of halogens is 2. The van der Waals surface area contributed by atoms with E-state index in [0.29, 0.717) is 5.58 Å². The van der Waals surface area contributed by atoms with Gasteiger partial charge in [-0.25, -0.2) is 8.78 Å². The quantitative estimate of drug-likeness (QED) is 0.255. The van der Waals surface area contributed by atoms with E-state index in [1.54, 1.807) is 12.1 Å². The summed E-state index contributed by atoms with van der Waals surface area (Å²) in [5, 5.41) is 2.79. The Kier molecular flexibility index (Phi) is 4.82. The molecule has 0 radical (unpaired) electrons. The number of pyridine rings is 1. The molecule has 0 saturated carbocycles. The van der Waals surface area contributed by atoms with Gasteiger partial charge in [-0.2, -0.15) is 4.57 Å². The maximum Gasteiger partial charge on any atom is 0.217 e. The minimum absolute atomic E-state index is 0.0320. The molecular weight excluding hydrogens is 416 g/mol. The smallest absolute Gasteiger partial charge is 0.217 e. The molecule has 0 aliphatic carbocycles. The fraction of sp³-hybridized carbons (Fsp3) is 0.276. The van der Waals surface area contributed by atoms with E-state index in [9.17, 15) is 8.78 Å². The van der Waals surface area contributed by atoms with Crippen LogP contribution in [0.3, 0.4) is 0 Å². The van der Waals surface area contributed by atoms with Crippen molar-refractivity contribution in [2.45, 2.75) is 41.0 Å². The molecule has 0 aliphatic rings. The van der Waals surface area contributed by atoms with E-state index in [-0.39, 0.29) is 17.0 Å². The van der Waals surface area contributed by atoms with Gasteiger partial charge in [0.25, 0.3) is 0 Å². The summed E-state index contributed by atoms with van der Waals surface area (Å²) in [7, 11) is 2.01. The maximum absolute atomic E-state index is 14.2. The minimum atomic E-state index is -0.317. The van der Waals surface area contributed by atoms with Gasteiger partial charge in [-0.15, -0.1) is 0 Å². The molecule has 0 aliphatic heterocycles. The number of aromatic nitrogens is 1. The van der Waals surface area contributed by atoms with Crippen LogP contribution in [-0.2, 0) is 13.5 Å². The monoisotopic (exact) mass is 444 g/mol. The summed E-state index contributed by atoms with van der Waals surface area (Å²) >= 11 is 0. The van der Waals surface area contributed by atoms with Gasteiger partial charge in [0.05, 0.1) is 10.9 Å². The van der Waals surface area contributed by atoms with Crippen LogP contribution in [0.1, 0.15) is 37.5 Å². The molecule has 0 amide bonds. The molecule has 0 fully saturated rings. The highest BCUT2D eigenvalue weighted by Crippen LogP contribution is 2.40. The Hall–Kier alpha value is -3.27. The SMILES string of the molecule is Cc1cc2c(oc3cc(F)ccc32)c(-c2cc(CC(C)(C)C)c3cc(F)ccc3[n+]2C)c1C. The summed E-state index contributed by atoms with van der Waals surface area (Å²) in [5.74, 6) is -0.554. The van der Waals surface area contributed by atoms with Crippen molar-refractivity contribution in [1.82, 2.24) is 0 Å². The molecule has 0 atom stereocenters. The molecule has 5 aromatic rings. The van der Waals surface area contributed by atoms with Crippen molar-refractivity contribution in [1.29, 1.82) is 0 Å². The van der Waals surface area contributed by atoms with Crippen LogP contribution in [0.25, 0.3) is 44.1 Å². The average molecular weight is 445 g/mol. The maximum atomic E-state index is 14.2. The Morgan fingerprint density at radius 1 is 0.848 bits per heavy atom. The summed E-state index contributed by atoms with van der Waals surface area (Å²) < 4.78 is 36.5. The van der Waals surface area contributed by atoms with Crippen LogP contribution >= 0.6 is 0 Å². The van der Waals surface area contributed by atoms with E-state index in [4.69, 9.17) is 4.42 Å². The van der Waals surface area contributed by atoms with Gasteiger partial charge in [0, 0.05) is 29.0 Å². The molecule has 0 spiro atoms. The first-order valence-corrected chi connectivity index (χ1v) is 11.3. The lowest BCUT2D eigenvalue weighted by Crippen LogP contribution is -2.33. The van der Waals surface area contributed by atoms with Crippen molar-refractivity contribution in [2.75, 3.05) is 0 Å². The summed E-state index contributed by atoms with van der Waals surface area (Å²) in [4.78, 5) is 0. The molecule has 33 heavy (non-hydrogen) atoms. The molecule has 3 aromatic carbocycles. The standard InChI is InChI=1S/C29H28F2NO/c1-16-11-23-21-9-7-20(31)14-26(21)33-28(23)27(17(16)2)25-12-18(15-29(3,4)5)22-13-19(30)8-10-24(22)32(25)6/h7-14H,15H2,1-6H3/q+1. The Morgan fingerprint density at radius 3 is 2.27 bits per heavy atom. The molecule has 4 heteroatoms. The predicted molar refractivity (Wildman–Crippen MR) is 130 cm³/mol. The second-order valence-corrected chi connectivity index (χ2v) is 10.3. The number of benzene rings is 3. The molecule has 0 saturated heterocycles. The Balaban J connectivity index is 1.92. The van der Waals surface area contributed by atoms with E-state index in [2.05, 4.69) is 51.3 Å². The highest BCUT2D eigenvalue weighted by Gasteiger charge is 2.27. The average Bonchev–Trinajstić information content (AvgIpc) is 3.07. The second-order valence-electron chi connectivity index (χ2n) is 10.3. The first kappa shape index (κ1) is 21.6. The summed E-state index contributed by atoms with van der Waals surface area (Å²) in [6, 6.07) is 14.0. The lowest BCUT2D eigenvalue weighted by molar-refractivity contribution is -0.633. The zero-order valence-electron chi connectivity index (χ0n) is 19.9. The summed E-state index contributed by atoms with van der Waals surface area (Å²) in [6.45, 7) is 10.8. The van der Waals surface area contributed by atoms with Gasteiger partial charge in [0.1, 0.15) is 29.8 Å². The third-order valence-corrected chi connectivity index (χ3v) is 6.56. The van der Waals surface area contributed by atoms with Gasteiger partial charge in [0.15, 0.2) is 0 Å². The number of rotatable bonds is 2. The van der Waals surface area contributed by atoms with Crippen LogP contribution in [0.5, 0.6) is 0 Å². The van der Waals surface area contributed by atoms with E-state index in [1.807, 2.05) is 13.1 Å². The van der Waals surface area contributed by atoms with E-state index in [1.165, 1.54) is 18.2 Å². The van der Waals surface area contributed by atoms with Crippen molar-refractivity contribution in [3.8, 4) is 11.3 Å². The van der Waals surface area contributed by atoms with Crippen LogP contribution in [0.2, 0.25) is 0 Å². The number of aryl methyl sites for hydroxylation is 2. The lowest BCUT2D eigenvalue weighted by atomic mass is 9.85. The number of furan rings is 1. The highest BCUT2D eigenvalue weighted by atomic mass is 19.1. The van der Waals surface area contributed by atoms with Crippen molar-refractivity contribution in [2.24, 2.45) is 12.5 Å². The van der Waals surface area contributed by atoms with Gasteiger partial charge >= 0.3 is 0 Å². The molecule has 168 valence electrons. The Labute approximate surface area is 192 Å². The number of hydrogen-bond donors (Lipinski definition) is 0. The van der Waals surface area contributed by atoms with E-state index in [0.717, 1.165) is 61.6 Å². The Bertz CT molecular complexity index is 1570. The molecule has 5 rings (SSSR count). The zero-order valence-corrected chi connectivity index (χ0v) is 19.9. The molecule has 2 aromatic heterocycles. The predicted octanol–water partition coefficient (Wildman–Crippen LogP) is 7.71. The topological polar surface area (TPSA) is 17.0 Å². The first-order valence-electron chi connectivity index (χ1n) is 11.3. The van der Waals surface area contributed by atoms with Crippen LogP contribution in [0, 0.1) is 30.9 Å². The first-order chi connectivity index (χ1) is 15.5. The van der Waals surface area contributed by atoms with Crippen LogP contribution < -0.4 is 4.57 Å². The van der Waals surface area contributed by atoms with Gasteiger partial charge in [-0.1, -0.05) is 20.8 Å². The minimum Gasteiger partial charge on any atom is -0.455 e. The normalized spacial score (nSPS) is 12.4. The molecule has 0 unspecified atom stereocenters. The van der Waals surface area contributed by atoms with Gasteiger partial charge < -0.3 is 4.42 Å². The van der Waals surface area contributed by atoms with Crippen molar-refractivity contribution < 1.29 is 17.8 Å². The zero-order chi connectivity index (χ0) is 23.7. The van der Waals surface area contributed by atoms with E-state index >= 15 is 0 Å². The fourth-order valence-electron chi connectivity index (χ4n) is 4.90. The number of fused-ring (bicyclic) bond motifs is 4. The van der Waals surface area contributed by atoms with Crippen LogP contribution in [0.15, 0.2) is 52.9 Å². The lowest BCUT2D eigenvalue weighted by Gasteiger charge is -2.20. The largest absolute Gasteiger partial charge is 0.455 e. The molecule has 0 bridgehead atoms. The Morgan fingerprint density at radius 2 is 1.55 bits per heavy atom. The van der Waals surface area contributed by atoms with Crippen molar-refractivity contribution in [3.63, 3.8) is 0 Å². The summed E-state index contributed by atoms with van der Waals surface area (Å²) in [6.07, 6.45) is 0.806. The van der Waals surface area contributed by atoms with Crippen molar-refractivity contribution >= 4 is 32.8 Å². The third-order valence-electron chi connectivity index (χ3n) is 6.56. The second kappa shape index (κ2) is 7.38. The van der Waals surface area contributed by atoms with Crippen molar-refractivity contribution in [3.05, 3.63) is 76.9 Å². The third kappa shape index (κ3) is 3.58. The van der Waals surface area contributed by atoms with Crippen LogP contribution in [-0.4, -0.2) is 0 Å². The van der Waals surface area contributed by atoms with Crippen LogP contribution in [0.4, 0.5) is 8.78 Å². The van der Waals surface area contributed by atoms with E-state index < -0.39 is 0 Å². The fourth-order valence-corrected chi connectivity index (χ4v) is 4.90. The van der Waals surface area contributed by atoms with Gasteiger partial charge in [-0.3, -0.25) is 0 Å². The molecular formula is C29H28F2NO+. The summed E-state index contributed by atoms with van der Waals surface area (Å²) in [5.41, 5.74) is 7.62.